The van der Waals surface area contributed by atoms with Crippen LogP contribution in [0.5, 0.6) is 0 Å². The lowest BCUT2D eigenvalue weighted by molar-refractivity contribution is 0.596. The fourth-order valence-corrected chi connectivity index (χ4v) is 4.75. The molecule has 1 heterocycles. The molecule has 8 nitrogen and oxygen atoms in total. The van der Waals surface area contributed by atoms with Crippen LogP contribution in [0.3, 0.4) is 0 Å². The molecule has 2 rings (SSSR count). The zero-order valence-corrected chi connectivity index (χ0v) is 18.5. The molecule has 4 N–H and O–H groups in total. The molecule has 0 aliphatic carbocycles. The highest BCUT2D eigenvalue weighted by Gasteiger charge is 2.28. The zero-order valence-electron chi connectivity index (χ0n) is 14.5. The van der Waals surface area contributed by atoms with Gasteiger partial charge < -0.3 is 10.6 Å². The number of rotatable bonds is 6. The molecule has 0 radical (unpaired) electrons. The van der Waals surface area contributed by atoms with Gasteiger partial charge in [-0.25, -0.2) is 22.0 Å². The molecule has 0 amide bonds. The number of guanidine groups is 1. The minimum absolute atomic E-state index is 0. The van der Waals surface area contributed by atoms with Gasteiger partial charge in [-0.2, -0.15) is 0 Å². The number of benzene rings is 1. The van der Waals surface area contributed by atoms with Gasteiger partial charge in [0, 0.05) is 19.1 Å². The smallest absolute Gasteiger partial charge is 0.238 e. The molecule has 0 bridgehead atoms. The largest absolute Gasteiger partial charge is 0.357 e. The molecule has 11 heteroatoms. The third kappa shape index (κ3) is 7.37. The Morgan fingerprint density at radius 3 is 2.46 bits per heavy atom. The summed E-state index contributed by atoms with van der Waals surface area (Å²) in [7, 11) is -6.62. The Morgan fingerprint density at radius 1 is 1.31 bits per heavy atom. The van der Waals surface area contributed by atoms with Gasteiger partial charge >= 0.3 is 0 Å². The van der Waals surface area contributed by atoms with E-state index < -0.39 is 19.9 Å². The van der Waals surface area contributed by atoms with Crippen LogP contribution >= 0.6 is 24.0 Å². The average Bonchev–Trinajstić information content (AvgIpc) is 2.86. The molecule has 0 spiro atoms. The number of hydrogen-bond acceptors (Lipinski definition) is 5. The maximum Gasteiger partial charge on any atom is 0.238 e. The number of nitrogens with zero attached hydrogens (tertiary/aromatic N) is 1. The average molecular weight is 516 g/mol. The first-order valence-electron chi connectivity index (χ1n) is 8.06. The Labute approximate surface area is 172 Å². The molecule has 1 saturated heterocycles. The van der Waals surface area contributed by atoms with Crippen LogP contribution in [-0.2, 0) is 26.3 Å². The van der Waals surface area contributed by atoms with Gasteiger partial charge in [-0.05, 0) is 37.5 Å². The zero-order chi connectivity index (χ0) is 18.5. The summed E-state index contributed by atoms with van der Waals surface area (Å²) in [6.07, 6.45) is 1.21. The van der Waals surface area contributed by atoms with Crippen molar-refractivity contribution in [2.24, 2.45) is 10.1 Å². The van der Waals surface area contributed by atoms with Gasteiger partial charge in [-0.15, -0.1) is 24.0 Å². The Morgan fingerprint density at radius 2 is 1.96 bits per heavy atom. The number of hydrogen-bond donors (Lipinski definition) is 3. The van der Waals surface area contributed by atoms with Crippen LogP contribution in [0.15, 0.2) is 34.2 Å². The number of sulfone groups is 1. The highest BCUT2D eigenvalue weighted by atomic mass is 127. The third-order valence-corrected chi connectivity index (χ3v) is 6.54. The highest BCUT2D eigenvalue weighted by Crippen LogP contribution is 2.11. The third-order valence-electron chi connectivity index (χ3n) is 3.84. The predicted octanol–water partition coefficient (Wildman–Crippen LogP) is 0.237. The van der Waals surface area contributed by atoms with Crippen LogP contribution in [0.2, 0.25) is 0 Å². The van der Waals surface area contributed by atoms with Crippen LogP contribution in [0.25, 0.3) is 0 Å². The lowest BCUT2D eigenvalue weighted by Crippen LogP contribution is -2.44. The van der Waals surface area contributed by atoms with Gasteiger partial charge in [0.25, 0.3) is 0 Å². The van der Waals surface area contributed by atoms with E-state index in [1.165, 1.54) is 12.1 Å². The van der Waals surface area contributed by atoms with Gasteiger partial charge in [0.05, 0.1) is 16.4 Å². The van der Waals surface area contributed by atoms with E-state index in [1.807, 2.05) is 6.92 Å². The van der Waals surface area contributed by atoms with Crippen molar-refractivity contribution in [2.45, 2.75) is 30.7 Å². The summed E-state index contributed by atoms with van der Waals surface area (Å²) in [6, 6.07) is 6.25. The standard InChI is InChI=1S/C15H24N4O4S2.HI/c1-2-17-15(19-13-8-10-24(20,21)11-13)18-9-7-12-3-5-14(6-4-12)25(16,22)23;/h3-6,13H,2,7-11H2,1H3,(H2,16,22,23)(H2,17,18,19);1H. The lowest BCUT2D eigenvalue weighted by Gasteiger charge is -2.15. The summed E-state index contributed by atoms with van der Waals surface area (Å²) in [6.45, 7) is 3.10. The molecule has 0 saturated carbocycles. The van der Waals surface area contributed by atoms with Crippen molar-refractivity contribution in [3.63, 3.8) is 0 Å². The van der Waals surface area contributed by atoms with Crippen LogP contribution in [0.4, 0.5) is 0 Å². The summed E-state index contributed by atoms with van der Waals surface area (Å²) < 4.78 is 45.5. The lowest BCUT2D eigenvalue weighted by atomic mass is 10.1. The molecule has 1 aliphatic rings. The highest BCUT2D eigenvalue weighted by molar-refractivity contribution is 14.0. The number of nitrogens with two attached hydrogens (primary N) is 1. The van der Waals surface area contributed by atoms with Crippen LogP contribution in [0, 0.1) is 0 Å². The number of primary sulfonamides is 1. The molecule has 1 aliphatic heterocycles. The van der Waals surface area contributed by atoms with Gasteiger partial charge in [-0.3, -0.25) is 4.99 Å². The summed E-state index contributed by atoms with van der Waals surface area (Å²) >= 11 is 0. The number of nitrogens with one attached hydrogen (secondary N) is 2. The molecule has 26 heavy (non-hydrogen) atoms. The maximum absolute atomic E-state index is 11.5. The topological polar surface area (TPSA) is 131 Å². The van der Waals surface area contributed by atoms with Crippen molar-refractivity contribution in [1.29, 1.82) is 0 Å². The first-order valence-corrected chi connectivity index (χ1v) is 11.4. The molecular weight excluding hydrogens is 491 g/mol. The molecule has 1 atom stereocenters. The van der Waals surface area contributed by atoms with Crippen molar-refractivity contribution in [3.05, 3.63) is 29.8 Å². The van der Waals surface area contributed by atoms with E-state index in [0.717, 1.165) is 5.56 Å². The van der Waals surface area contributed by atoms with Crippen molar-refractivity contribution in [1.82, 2.24) is 10.6 Å². The fraction of sp³-hybridized carbons (Fsp3) is 0.533. The van der Waals surface area contributed by atoms with Crippen molar-refractivity contribution < 1.29 is 16.8 Å². The SMILES string of the molecule is CCNC(=NCCc1ccc(S(N)(=O)=O)cc1)NC1CCS(=O)(=O)C1.I. The quantitative estimate of drug-likeness (QED) is 0.282. The molecule has 1 unspecified atom stereocenters. The molecular formula is C15H25IN4O4S2. The second kappa shape index (κ2) is 9.85. The van der Waals surface area contributed by atoms with E-state index in [4.69, 9.17) is 5.14 Å². The summed E-state index contributed by atoms with van der Waals surface area (Å²) in [5.74, 6) is 0.929. The van der Waals surface area contributed by atoms with Gasteiger partial charge in [-0.1, -0.05) is 12.1 Å². The summed E-state index contributed by atoms with van der Waals surface area (Å²) in [5, 5.41) is 11.3. The second-order valence-electron chi connectivity index (χ2n) is 5.94. The van der Waals surface area contributed by atoms with E-state index in [9.17, 15) is 16.8 Å². The van der Waals surface area contributed by atoms with E-state index in [0.29, 0.717) is 31.9 Å². The van der Waals surface area contributed by atoms with Crippen molar-refractivity contribution in [3.8, 4) is 0 Å². The first kappa shape index (κ1) is 23.1. The van der Waals surface area contributed by atoms with Gasteiger partial charge in [0.1, 0.15) is 0 Å². The number of halogens is 1. The van der Waals surface area contributed by atoms with E-state index >= 15 is 0 Å². The van der Waals surface area contributed by atoms with Gasteiger partial charge in [0.15, 0.2) is 15.8 Å². The second-order valence-corrected chi connectivity index (χ2v) is 9.73. The van der Waals surface area contributed by atoms with Crippen LogP contribution in [0.1, 0.15) is 18.9 Å². The molecule has 1 aromatic carbocycles. The van der Waals surface area contributed by atoms with E-state index in [2.05, 4.69) is 15.6 Å². The van der Waals surface area contributed by atoms with E-state index in [1.54, 1.807) is 12.1 Å². The maximum atomic E-state index is 11.5. The van der Waals surface area contributed by atoms with Crippen molar-refractivity contribution in [2.75, 3.05) is 24.6 Å². The number of aliphatic imine (C=N–C) groups is 1. The molecule has 0 aromatic heterocycles. The van der Waals surface area contributed by atoms with Gasteiger partial charge in [0.2, 0.25) is 10.0 Å². The van der Waals surface area contributed by atoms with Crippen LogP contribution < -0.4 is 15.8 Å². The Kier molecular flexibility index (Phi) is 8.76. The fourth-order valence-electron chi connectivity index (χ4n) is 2.56. The minimum Gasteiger partial charge on any atom is -0.357 e. The monoisotopic (exact) mass is 516 g/mol. The van der Waals surface area contributed by atoms with Crippen LogP contribution in [-0.4, -0.2) is 53.4 Å². The predicted molar refractivity (Wildman–Crippen MR) is 113 cm³/mol. The minimum atomic E-state index is -3.68. The normalized spacial score (nSPS) is 19.6. The molecule has 1 fully saturated rings. The Balaban J connectivity index is 0.00000338. The Hall–Kier alpha value is -0.920. The van der Waals surface area contributed by atoms with E-state index in [-0.39, 0.29) is 46.4 Å². The van der Waals surface area contributed by atoms with Crippen molar-refractivity contribution >= 4 is 49.8 Å². The molecule has 148 valence electrons. The Bertz CT molecular complexity index is 824. The summed E-state index contributed by atoms with van der Waals surface area (Å²) in [4.78, 5) is 4.53. The summed E-state index contributed by atoms with van der Waals surface area (Å²) in [5.41, 5.74) is 0.940. The number of sulfonamides is 1. The first-order chi connectivity index (χ1) is 11.7. The molecule has 1 aromatic rings.